The van der Waals surface area contributed by atoms with E-state index in [1.165, 1.54) is 38.6 Å². The Hall–Kier alpha value is -0.800. The van der Waals surface area contributed by atoms with E-state index in [1.807, 2.05) is 6.07 Å². The fourth-order valence-corrected chi connectivity index (χ4v) is 3.19. The van der Waals surface area contributed by atoms with Gasteiger partial charge >= 0.3 is 0 Å². The summed E-state index contributed by atoms with van der Waals surface area (Å²) in [6, 6.07) is 5.33. The van der Waals surface area contributed by atoms with E-state index in [1.54, 1.807) is 6.26 Å². The van der Waals surface area contributed by atoms with Gasteiger partial charge in [-0.3, -0.25) is 4.90 Å². The molecule has 2 atom stereocenters. The largest absolute Gasteiger partial charge is 0.468 e. The predicted octanol–water partition coefficient (Wildman–Crippen LogP) is 2.54. The Labute approximate surface area is 103 Å². The maximum atomic E-state index is 5.98. The monoisotopic (exact) mass is 234 g/mol. The molecule has 2 heterocycles. The quantitative estimate of drug-likeness (QED) is 0.874. The molecule has 2 aliphatic rings. The Morgan fingerprint density at radius 1 is 1.29 bits per heavy atom. The zero-order valence-electron chi connectivity index (χ0n) is 10.3. The van der Waals surface area contributed by atoms with Gasteiger partial charge < -0.3 is 10.2 Å². The fourth-order valence-electron chi connectivity index (χ4n) is 3.19. The van der Waals surface area contributed by atoms with E-state index in [2.05, 4.69) is 11.0 Å². The first-order valence-electron chi connectivity index (χ1n) is 6.89. The molecule has 0 aromatic carbocycles. The standard InChI is InChI=1S/C14H22N2O/c15-10-11-4-1-2-8-16(12-6-7-12)14(11)13-5-3-9-17-13/h3,5,9,11-12,14H,1-2,4,6-8,10,15H2. The molecule has 1 saturated heterocycles. The SMILES string of the molecule is NCC1CCCCN(C2CC2)C1c1ccco1. The summed E-state index contributed by atoms with van der Waals surface area (Å²) in [6.07, 6.45) is 8.36. The first kappa shape index (κ1) is 11.3. The third kappa shape index (κ3) is 2.26. The smallest absolute Gasteiger partial charge is 0.121 e. The van der Waals surface area contributed by atoms with Crippen molar-refractivity contribution in [1.29, 1.82) is 0 Å². The summed E-state index contributed by atoms with van der Waals surface area (Å²) in [6.45, 7) is 1.99. The minimum Gasteiger partial charge on any atom is -0.468 e. The van der Waals surface area contributed by atoms with Crippen LogP contribution < -0.4 is 5.73 Å². The summed E-state index contributed by atoms with van der Waals surface area (Å²) < 4.78 is 5.67. The number of hydrogen-bond donors (Lipinski definition) is 1. The Morgan fingerprint density at radius 3 is 2.82 bits per heavy atom. The van der Waals surface area contributed by atoms with Crippen LogP contribution in [0, 0.1) is 5.92 Å². The lowest BCUT2D eigenvalue weighted by Gasteiger charge is -2.33. The van der Waals surface area contributed by atoms with Crippen molar-refractivity contribution in [3.05, 3.63) is 24.2 Å². The molecular formula is C14H22N2O. The molecule has 2 unspecified atom stereocenters. The normalized spacial score (nSPS) is 31.4. The molecule has 1 aliphatic heterocycles. The Morgan fingerprint density at radius 2 is 2.18 bits per heavy atom. The van der Waals surface area contributed by atoms with Crippen molar-refractivity contribution in [2.75, 3.05) is 13.1 Å². The Kier molecular flexibility index (Phi) is 3.21. The second-order valence-corrected chi connectivity index (χ2v) is 5.42. The van der Waals surface area contributed by atoms with Crippen LogP contribution in [0.25, 0.3) is 0 Å². The first-order chi connectivity index (χ1) is 8.40. The van der Waals surface area contributed by atoms with Gasteiger partial charge in [-0.1, -0.05) is 6.42 Å². The van der Waals surface area contributed by atoms with Gasteiger partial charge in [0.05, 0.1) is 12.3 Å². The molecular weight excluding hydrogens is 212 g/mol. The molecule has 3 heteroatoms. The van der Waals surface area contributed by atoms with Crippen LogP contribution in [-0.4, -0.2) is 24.0 Å². The molecule has 1 aromatic heterocycles. The van der Waals surface area contributed by atoms with Crippen LogP contribution >= 0.6 is 0 Å². The van der Waals surface area contributed by atoms with Crippen molar-refractivity contribution in [2.24, 2.45) is 11.7 Å². The summed E-state index contributed by atoms with van der Waals surface area (Å²) in [5.74, 6) is 1.68. The van der Waals surface area contributed by atoms with E-state index < -0.39 is 0 Å². The average Bonchev–Trinajstić information content (AvgIpc) is 3.09. The van der Waals surface area contributed by atoms with Gasteiger partial charge in [-0.05, 0) is 56.8 Å². The molecule has 3 nitrogen and oxygen atoms in total. The Bertz CT molecular complexity index is 345. The highest BCUT2D eigenvalue weighted by Crippen LogP contribution is 2.41. The van der Waals surface area contributed by atoms with Crippen LogP contribution in [-0.2, 0) is 0 Å². The second-order valence-electron chi connectivity index (χ2n) is 5.42. The third-order valence-electron chi connectivity index (χ3n) is 4.20. The van der Waals surface area contributed by atoms with E-state index in [-0.39, 0.29) is 0 Å². The highest BCUT2D eigenvalue weighted by atomic mass is 16.3. The molecule has 17 heavy (non-hydrogen) atoms. The van der Waals surface area contributed by atoms with Crippen molar-refractivity contribution >= 4 is 0 Å². The molecule has 2 fully saturated rings. The summed E-state index contributed by atoms with van der Waals surface area (Å²) >= 11 is 0. The van der Waals surface area contributed by atoms with Crippen molar-refractivity contribution in [2.45, 2.75) is 44.2 Å². The van der Waals surface area contributed by atoms with Gasteiger partial charge in [0.1, 0.15) is 5.76 Å². The predicted molar refractivity (Wildman–Crippen MR) is 67.6 cm³/mol. The molecule has 0 amide bonds. The van der Waals surface area contributed by atoms with Gasteiger partial charge in [-0.15, -0.1) is 0 Å². The van der Waals surface area contributed by atoms with Gasteiger partial charge in [-0.25, -0.2) is 0 Å². The lowest BCUT2D eigenvalue weighted by Crippen LogP contribution is -2.36. The molecule has 1 aliphatic carbocycles. The van der Waals surface area contributed by atoms with Gasteiger partial charge in [0.2, 0.25) is 0 Å². The van der Waals surface area contributed by atoms with Crippen LogP contribution in [0.1, 0.15) is 43.9 Å². The number of rotatable bonds is 3. The van der Waals surface area contributed by atoms with Crippen LogP contribution in [0.2, 0.25) is 0 Å². The van der Waals surface area contributed by atoms with Crippen LogP contribution in [0.5, 0.6) is 0 Å². The Balaban J connectivity index is 1.88. The zero-order valence-corrected chi connectivity index (χ0v) is 10.3. The van der Waals surface area contributed by atoms with Crippen LogP contribution in [0.4, 0.5) is 0 Å². The van der Waals surface area contributed by atoms with Crippen molar-refractivity contribution in [3.63, 3.8) is 0 Å². The number of furan rings is 1. The summed E-state index contributed by atoms with van der Waals surface area (Å²) in [7, 11) is 0. The fraction of sp³-hybridized carbons (Fsp3) is 0.714. The molecule has 2 N–H and O–H groups in total. The van der Waals surface area contributed by atoms with Crippen LogP contribution in [0.15, 0.2) is 22.8 Å². The van der Waals surface area contributed by atoms with Crippen molar-refractivity contribution < 1.29 is 4.42 Å². The van der Waals surface area contributed by atoms with Crippen molar-refractivity contribution in [3.8, 4) is 0 Å². The number of nitrogens with zero attached hydrogens (tertiary/aromatic N) is 1. The molecule has 0 radical (unpaired) electrons. The summed E-state index contributed by atoms with van der Waals surface area (Å²) in [5.41, 5.74) is 5.98. The molecule has 0 spiro atoms. The second kappa shape index (κ2) is 4.83. The summed E-state index contributed by atoms with van der Waals surface area (Å²) in [5, 5.41) is 0. The first-order valence-corrected chi connectivity index (χ1v) is 6.89. The lowest BCUT2D eigenvalue weighted by atomic mass is 9.93. The molecule has 1 saturated carbocycles. The number of hydrogen-bond acceptors (Lipinski definition) is 3. The topological polar surface area (TPSA) is 42.4 Å². The van der Waals surface area contributed by atoms with Crippen LogP contribution in [0.3, 0.4) is 0 Å². The lowest BCUT2D eigenvalue weighted by molar-refractivity contribution is 0.128. The zero-order chi connectivity index (χ0) is 11.7. The van der Waals surface area contributed by atoms with E-state index in [4.69, 9.17) is 10.2 Å². The minimum atomic E-state index is 0.421. The third-order valence-corrected chi connectivity index (χ3v) is 4.20. The van der Waals surface area contributed by atoms with Crippen molar-refractivity contribution in [1.82, 2.24) is 4.90 Å². The molecule has 1 aromatic rings. The highest BCUT2D eigenvalue weighted by molar-refractivity contribution is 5.09. The van der Waals surface area contributed by atoms with Gasteiger partial charge in [0.15, 0.2) is 0 Å². The average molecular weight is 234 g/mol. The van der Waals surface area contributed by atoms with E-state index in [0.29, 0.717) is 12.0 Å². The highest BCUT2D eigenvalue weighted by Gasteiger charge is 2.39. The van der Waals surface area contributed by atoms with E-state index in [0.717, 1.165) is 18.3 Å². The van der Waals surface area contributed by atoms with Gasteiger partial charge in [0, 0.05) is 6.04 Å². The van der Waals surface area contributed by atoms with E-state index >= 15 is 0 Å². The number of likely N-dealkylation sites (tertiary alicyclic amines) is 1. The molecule has 94 valence electrons. The maximum Gasteiger partial charge on any atom is 0.121 e. The van der Waals surface area contributed by atoms with E-state index in [9.17, 15) is 0 Å². The summed E-state index contributed by atoms with van der Waals surface area (Å²) in [4.78, 5) is 2.66. The molecule has 3 rings (SSSR count). The van der Waals surface area contributed by atoms with Gasteiger partial charge in [0.25, 0.3) is 0 Å². The minimum absolute atomic E-state index is 0.421. The maximum absolute atomic E-state index is 5.98. The van der Waals surface area contributed by atoms with Gasteiger partial charge in [-0.2, -0.15) is 0 Å². The molecule has 0 bridgehead atoms. The number of nitrogens with two attached hydrogens (primary N) is 1.